The predicted molar refractivity (Wildman–Crippen MR) is 97.4 cm³/mol. The minimum atomic E-state index is -0.187. The van der Waals surface area contributed by atoms with Crippen molar-refractivity contribution in [3.05, 3.63) is 76.8 Å². The predicted octanol–water partition coefficient (Wildman–Crippen LogP) is 3.37. The highest BCUT2D eigenvalue weighted by Crippen LogP contribution is 2.20. The van der Waals surface area contributed by atoms with Crippen LogP contribution in [0.1, 0.15) is 10.4 Å². The van der Waals surface area contributed by atoms with Gasteiger partial charge in [0.1, 0.15) is 5.75 Å². The minimum absolute atomic E-state index is 0.00263. The maximum atomic E-state index is 12.7. The number of hydrogen-bond acceptors (Lipinski definition) is 3. The second-order valence-corrected chi connectivity index (χ2v) is 5.87. The van der Waals surface area contributed by atoms with Crippen LogP contribution in [-0.2, 0) is 6.54 Å². The summed E-state index contributed by atoms with van der Waals surface area (Å²) >= 11 is 0. The first-order valence-electron chi connectivity index (χ1n) is 7.94. The SMILES string of the molecule is COc1ccc2c(=O)n(CC(=O)c3c[nH]c4ccccc34)ccc2c1. The molecule has 2 aromatic heterocycles. The fraction of sp³-hybridized carbons (Fsp3) is 0.100. The number of carbonyl (C=O) groups is 1. The second-order valence-electron chi connectivity index (χ2n) is 5.87. The van der Waals surface area contributed by atoms with Crippen LogP contribution in [-0.4, -0.2) is 22.4 Å². The molecule has 0 aliphatic rings. The number of nitrogens with one attached hydrogen (secondary N) is 1. The summed E-state index contributed by atoms with van der Waals surface area (Å²) in [5.41, 5.74) is 1.31. The number of rotatable bonds is 4. The fourth-order valence-electron chi connectivity index (χ4n) is 3.06. The Morgan fingerprint density at radius 2 is 1.96 bits per heavy atom. The lowest BCUT2D eigenvalue weighted by molar-refractivity contribution is 0.0972. The van der Waals surface area contributed by atoms with Crippen LogP contribution in [0.25, 0.3) is 21.7 Å². The van der Waals surface area contributed by atoms with Gasteiger partial charge < -0.3 is 14.3 Å². The van der Waals surface area contributed by atoms with E-state index in [4.69, 9.17) is 4.74 Å². The van der Waals surface area contributed by atoms with E-state index in [1.807, 2.05) is 36.4 Å². The summed E-state index contributed by atoms with van der Waals surface area (Å²) in [4.78, 5) is 28.4. The Balaban J connectivity index is 1.72. The van der Waals surface area contributed by atoms with Gasteiger partial charge in [0, 0.05) is 34.2 Å². The average Bonchev–Trinajstić information content (AvgIpc) is 3.08. The number of para-hydroxylation sites is 1. The zero-order valence-electron chi connectivity index (χ0n) is 13.7. The summed E-state index contributed by atoms with van der Waals surface area (Å²) in [7, 11) is 1.59. The van der Waals surface area contributed by atoms with Gasteiger partial charge in [0.05, 0.1) is 13.7 Å². The second kappa shape index (κ2) is 5.94. The minimum Gasteiger partial charge on any atom is -0.497 e. The number of nitrogens with zero attached hydrogens (tertiary/aromatic N) is 1. The highest BCUT2D eigenvalue weighted by Gasteiger charge is 2.14. The number of aromatic amines is 1. The Morgan fingerprint density at radius 3 is 2.80 bits per heavy atom. The molecule has 5 heteroatoms. The lowest BCUT2D eigenvalue weighted by atomic mass is 10.1. The van der Waals surface area contributed by atoms with Crippen LogP contribution in [0, 0.1) is 0 Å². The van der Waals surface area contributed by atoms with Crippen LogP contribution < -0.4 is 10.3 Å². The third-order valence-electron chi connectivity index (χ3n) is 4.39. The summed E-state index contributed by atoms with van der Waals surface area (Å²) < 4.78 is 6.62. The molecule has 0 atom stereocenters. The molecule has 0 fully saturated rings. The maximum absolute atomic E-state index is 12.7. The molecule has 0 spiro atoms. The topological polar surface area (TPSA) is 64.1 Å². The van der Waals surface area contributed by atoms with E-state index < -0.39 is 0 Å². The molecule has 0 aliphatic carbocycles. The third kappa shape index (κ3) is 2.59. The molecule has 0 saturated heterocycles. The Labute approximate surface area is 143 Å². The maximum Gasteiger partial charge on any atom is 0.258 e. The molecule has 2 heterocycles. The zero-order chi connectivity index (χ0) is 17.4. The number of ketones is 1. The van der Waals surface area contributed by atoms with Gasteiger partial charge in [-0.2, -0.15) is 0 Å². The Kier molecular flexibility index (Phi) is 3.61. The van der Waals surface area contributed by atoms with E-state index in [9.17, 15) is 9.59 Å². The number of Topliss-reactive ketones (excluding diaryl/α,β-unsaturated/α-hetero) is 1. The van der Waals surface area contributed by atoms with E-state index in [-0.39, 0.29) is 17.9 Å². The van der Waals surface area contributed by atoms with Gasteiger partial charge in [-0.3, -0.25) is 9.59 Å². The average molecular weight is 332 g/mol. The van der Waals surface area contributed by atoms with Crippen molar-refractivity contribution in [3.63, 3.8) is 0 Å². The molecule has 0 amide bonds. The van der Waals surface area contributed by atoms with Crippen molar-refractivity contribution in [3.8, 4) is 5.75 Å². The highest BCUT2D eigenvalue weighted by atomic mass is 16.5. The quantitative estimate of drug-likeness (QED) is 0.583. The number of carbonyl (C=O) groups excluding carboxylic acids is 1. The molecule has 0 aliphatic heterocycles. The molecule has 0 saturated carbocycles. The molecule has 5 nitrogen and oxygen atoms in total. The van der Waals surface area contributed by atoms with Gasteiger partial charge >= 0.3 is 0 Å². The van der Waals surface area contributed by atoms with Crippen molar-refractivity contribution in [1.82, 2.24) is 9.55 Å². The van der Waals surface area contributed by atoms with Gasteiger partial charge in [-0.05, 0) is 35.7 Å². The van der Waals surface area contributed by atoms with Crippen LogP contribution in [0.15, 0.2) is 65.7 Å². The van der Waals surface area contributed by atoms with Crippen molar-refractivity contribution in [2.75, 3.05) is 7.11 Å². The molecule has 0 bridgehead atoms. The van der Waals surface area contributed by atoms with E-state index in [2.05, 4.69) is 4.98 Å². The molecule has 25 heavy (non-hydrogen) atoms. The number of benzene rings is 2. The highest BCUT2D eigenvalue weighted by molar-refractivity contribution is 6.07. The number of ether oxygens (including phenoxy) is 1. The van der Waals surface area contributed by atoms with Crippen molar-refractivity contribution in [2.24, 2.45) is 0 Å². The number of pyridine rings is 1. The van der Waals surface area contributed by atoms with E-state index in [1.165, 1.54) is 4.57 Å². The van der Waals surface area contributed by atoms with E-state index >= 15 is 0 Å². The summed E-state index contributed by atoms with van der Waals surface area (Å²) in [6.07, 6.45) is 3.35. The van der Waals surface area contributed by atoms with Gasteiger partial charge in [-0.25, -0.2) is 0 Å². The van der Waals surface area contributed by atoms with Crippen LogP contribution >= 0.6 is 0 Å². The van der Waals surface area contributed by atoms with E-state index in [0.717, 1.165) is 16.3 Å². The Morgan fingerprint density at radius 1 is 1.12 bits per heavy atom. The Hall–Kier alpha value is -3.34. The normalized spacial score (nSPS) is 11.1. The largest absolute Gasteiger partial charge is 0.497 e. The molecule has 0 radical (unpaired) electrons. The van der Waals surface area contributed by atoms with Gasteiger partial charge in [0.15, 0.2) is 5.78 Å². The van der Waals surface area contributed by atoms with Crippen molar-refractivity contribution in [2.45, 2.75) is 6.54 Å². The molecule has 1 N–H and O–H groups in total. The van der Waals surface area contributed by atoms with Crippen LogP contribution in [0.3, 0.4) is 0 Å². The number of H-pyrrole nitrogens is 1. The smallest absolute Gasteiger partial charge is 0.258 e. The third-order valence-corrected chi connectivity index (χ3v) is 4.39. The molecule has 4 aromatic rings. The molecule has 4 rings (SSSR count). The van der Waals surface area contributed by atoms with Gasteiger partial charge in [0.2, 0.25) is 0 Å². The number of hydrogen-bond donors (Lipinski definition) is 1. The summed E-state index contributed by atoms with van der Waals surface area (Å²) in [5, 5.41) is 2.22. The van der Waals surface area contributed by atoms with Crippen molar-refractivity contribution in [1.29, 1.82) is 0 Å². The zero-order valence-corrected chi connectivity index (χ0v) is 13.7. The molecular formula is C20H16N2O3. The van der Waals surface area contributed by atoms with E-state index in [0.29, 0.717) is 16.7 Å². The number of aromatic nitrogens is 2. The standard InChI is InChI=1S/C20H16N2O3/c1-25-14-6-7-15-13(10-14)8-9-22(20(15)24)12-19(23)17-11-21-18-5-3-2-4-16(17)18/h2-11,21H,12H2,1H3. The number of fused-ring (bicyclic) bond motifs is 2. The Bertz CT molecular complexity index is 1150. The van der Waals surface area contributed by atoms with Crippen LogP contribution in [0.2, 0.25) is 0 Å². The van der Waals surface area contributed by atoms with E-state index in [1.54, 1.807) is 31.6 Å². The first-order chi connectivity index (χ1) is 12.2. The summed E-state index contributed by atoms with van der Waals surface area (Å²) in [6.45, 7) is 0.00263. The van der Waals surface area contributed by atoms with Gasteiger partial charge in [-0.1, -0.05) is 18.2 Å². The molecular weight excluding hydrogens is 316 g/mol. The monoisotopic (exact) mass is 332 g/mol. The summed E-state index contributed by atoms with van der Waals surface area (Å²) in [5.74, 6) is 0.590. The number of methoxy groups -OCH3 is 1. The first-order valence-corrected chi connectivity index (χ1v) is 7.94. The molecule has 124 valence electrons. The van der Waals surface area contributed by atoms with Gasteiger partial charge in [-0.15, -0.1) is 0 Å². The summed E-state index contributed by atoms with van der Waals surface area (Å²) in [6, 6.07) is 14.7. The van der Waals surface area contributed by atoms with Crippen LogP contribution in [0.4, 0.5) is 0 Å². The lowest BCUT2D eigenvalue weighted by Crippen LogP contribution is -2.23. The van der Waals surface area contributed by atoms with Gasteiger partial charge in [0.25, 0.3) is 5.56 Å². The molecule has 2 aromatic carbocycles. The van der Waals surface area contributed by atoms with Crippen LogP contribution in [0.5, 0.6) is 5.75 Å². The fourth-order valence-corrected chi connectivity index (χ4v) is 3.06. The first kappa shape index (κ1) is 15.2. The molecule has 0 unspecified atom stereocenters. The lowest BCUT2D eigenvalue weighted by Gasteiger charge is -2.07. The van der Waals surface area contributed by atoms with Crippen molar-refractivity contribution >= 4 is 27.5 Å². The van der Waals surface area contributed by atoms with Crippen molar-refractivity contribution < 1.29 is 9.53 Å².